The minimum absolute atomic E-state index is 0.160. The van der Waals surface area contributed by atoms with Gasteiger partial charge in [0, 0.05) is 17.0 Å². The summed E-state index contributed by atoms with van der Waals surface area (Å²) in [4.78, 5) is 2.70. The van der Waals surface area contributed by atoms with Gasteiger partial charge >= 0.3 is 0 Å². The third-order valence-corrected chi connectivity index (χ3v) is 2.04. The number of benzene rings is 1. The molecule has 0 N–H and O–H groups in total. The van der Waals surface area contributed by atoms with E-state index in [1.807, 2.05) is 50.3 Å². The molecule has 0 aliphatic carbocycles. The fourth-order valence-electron chi connectivity index (χ4n) is 1.37. The molecule has 0 radical (unpaired) electrons. The van der Waals surface area contributed by atoms with Crippen molar-refractivity contribution in [2.45, 2.75) is 26.4 Å². The van der Waals surface area contributed by atoms with Crippen molar-refractivity contribution in [3.8, 4) is 5.75 Å². The third kappa shape index (κ3) is 5.09. The molecule has 0 aliphatic heterocycles. The van der Waals surface area contributed by atoms with Crippen LogP contribution >= 0.6 is 0 Å². The maximum absolute atomic E-state index is 8.14. The van der Waals surface area contributed by atoms with Crippen molar-refractivity contribution < 1.29 is 4.74 Å². The van der Waals surface area contributed by atoms with Gasteiger partial charge in [-0.1, -0.05) is 35.5 Å². The molecule has 0 spiro atoms. The van der Waals surface area contributed by atoms with Crippen molar-refractivity contribution in [2.75, 3.05) is 6.54 Å². The number of azide groups is 1. The molecule has 0 fully saturated rings. The summed E-state index contributed by atoms with van der Waals surface area (Å²) in [6.45, 7) is 4.49. The second-order valence-corrected chi connectivity index (χ2v) is 3.85. The zero-order valence-electron chi connectivity index (χ0n) is 10.2. The van der Waals surface area contributed by atoms with Gasteiger partial charge in [0.1, 0.15) is 5.75 Å². The van der Waals surface area contributed by atoms with Crippen molar-refractivity contribution in [1.82, 2.24) is 0 Å². The second kappa shape index (κ2) is 7.36. The fraction of sp³-hybridized carbons (Fsp3) is 0.385. The Hall–Kier alpha value is -1.93. The van der Waals surface area contributed by atoms with Gasteiger partial charge in [-0.25, -0.2) is 0 Å². The average Bonchev–Trinajstić information content (AvgIpc) is 2.30. The lowest BCUT2D eigenvalue weighted by atomic mass is 10.1. The maximum Gasteiger partial charge on any atom is 0.126 e. The maximum atomic E-state index is 8.14. The Balaban J connectivity index is 2.65. The highest BCUT2D eigenvalue weighted by molar-refractivity contribution is 5.57. The predicted molar refractivity (Wildman–Crippen MR) is 69.9 cm³/mol. The lowest BCUT2D eigenvalue weighted by Crippen LogP contribution is -2.06. The Morgan fingerprint density at radius 3 is 2.88 bits per heavy atom. The van der Waals surface area contributed by atoms with E-state index in [9.17, 15) is 0 Å². The summed E-state index contributed by atoms with van der Waals surface area (Å²) in [5.74, 6) is 0.877. The molecule has 0 saturated heterocycles. The molecule has 1 aromatic carbocycles. The SMILES string of the molecule is CC(C)Oc1ccccc1C=CCCN=[N+]=[N-]. The minimum Gasteiger partial charge on any atom is -0.490 e. The number of rotatable bonds is 6. The van der Waals surface area contributed by atoms with Crippen LogP contribution in [0.2, 0.25) is 0 Å². The van der Waals surface area contributed by atoms with Gasteiger partial charge < -0.3 is 4.74 Å². The quantitative estimate of drug-likeness (QED) is 0.313. The molecule has 0 heterocycles. The van der Waals surface area contributed by atoms with Crippen molar-refractivity contribution in [3.63, 3.8) is 0 Å². The van der Waals surface area contributed by atoms with Gasteiger partial charge in [-0.05, 0) is 31.9 Å². The summed E-state index contributed by atoms with van der Waals surface area (Å²) in [5, 5.41) is 3.47. The van der Waals surface area contributed by atoms with Crippen molar-refractivity contribution >= 4 is 6.08 Å². The topological polar surface area (TPSA) is 58.0 Å². The summed E-state index contributed by atoms with van der Waals surface area (Å²) in [6, 6.07) is 7.88. The molecule has 90 valence electrons. The summed E-state index contributed by atoms with van der Waals surface area (Å²) in [5.41, 5.74) is 9.18. The zero-order chi connectivity index (χ0) is 12.5. The van der Waals surface area contributed by atoms with Crippen LogP contribution in [-0.2, 0) is 0 Å². The van der Waals surface area contributed by atoms with Gasteiger partial charge in [0.05, 0.1) is 6.10 Å². The standard InChI is InChI=1S/C13H17N3O/c1-11(2)17-13-9-4-3-7-12(13)8-5-6-10-15-16-14/h3-5,7-9,11H,6,10H2,1-2H3. The van der Waals surface area contributed by atoms with Gasteiger partial charge in [0.25, 0.3) is 0 Å². The molecule has 1 rings (SSSR count). The lowest BCUT2D eigenvalue weighted by Gasteiger charge is -2.11. The highest BCUT2D eigenvalue weighted by Gasteiger charge is 2.01. The molecule has 0 atom stereocenters. The van der Waals surface area contributed by atoms with Crippen LogP contribution in [0.15, 0.2) is 35.5 Å². The van der Waals surface area contributed by atoms with E-state index in [0.717, 1.165) is 17.7 Å². The smallest absolute Gasteiger partial charge is 0.126 e. The van der Waals surface area contributed by atoms with Crippen molar-refractivity contribution in [2.24, 2.45) is 5.11 Å². The summed E-state index contributed by atoms with van der Waals surface area (Å²) in [6.07, 6.45) is 4.87. The third-order valence-electron chi connectivity index (χ3n) is 2.04. The molecule has 1 aromatic rings. The summed E-state index contributed by atoms with van der Waals surface area (Å²) in [7, 11) is 0. The molecular formula is C13H17N3O. The molecule has 4 heteroatoms. The minimum atomic E-state index is 0.160. The first-order valence-electron chi connectivity index (χ1n) is 5.67. The Kier molecular flexibility index (Phi) is 5.69. The fourth-order valence-corrected chi connectivity index (χ4v) is 1.37. The molecule has 0 aliphatic rings. The Morgan fingerprint density at radius 1 is 1.41 bits per heavy atom. The molecular weight excluding hydrogens is 214 g/mol. The Morgan fingerprint density at radius 2 is 2.18 bits per heavy atom. The molecule has 4 nitrogen and oxygen atoms in total. The summed E-state index contributed by atoms with van der Waals surface area (Å²) < 4.78 is 5.69. The van der Waals surface area contributed by atoms with Gasteiger partial charge in [-0.3, -0.25) is 0 Å². The summed E-state index contributed by atoms with van der Waals surface area (Å²) >= 11 is 0. The van der Waals surface area contributed by atoms with Crippen molar-refractivity contribution in [3.05, 3.63) is 46.3 Å². The molecule has 0 unspecified atom stereocenters. The first kappa shape index (κ1) is 13.1. The van der Waals surface area contributed by atoms with Crippen LogP contribution in [0.4, 0.5) is 0 Å². The molecule has 0 saturated carbocycles. The normalized spacial score (nSPS) is 10.5. The molecule has 17 heavy (non-hydrogen) atoms. The van der Waals surface area contributed by atoms with Gasteiger partial charge in [0.15, 0.2) is 0 Å². The van der Waals surface area contributed by atoms with E-state index in [1.54, 1.807) is 0 Å². The molecule has 0 aromatic heterocycles. The predicted octanol–water partition coefficient (Wildman–Crippen LogP) is 4.19. The lowest BCUT2D eigenvalue weighted by molar-refractivity contribution is 0.242. The second-order valence-electron chi connectivity index (χ2n) is 3.85. The Labute approximate surface area is 102 Å². The number of hydrogen-bond donors (Lipinski definition) is 0. The largest absolute Gasteiger partial charge is 0.490 e. The monoisotopic (exact) mass is 231 g/mol. The molecule has 0 amide bonds. The van der Waals surface area contributed by atoms with Crippen LogP contribution in [0.25, 0.3) is 16.5 Å². The van der Waals surface area contributed by atoms with E-state index >= 15 is 0 Å². The van der Waals surface area contributed by atoms with E-state index in [1.165, 1.54) is 0 Å². The Bertz CT molecular complexity index is 420. The number of para-hydroxylation sites is 1. The molecule has 0 bridgehead atoms. The van der Waals surface area contributed by atoms with Crippen LogP contribution < -0.4 is 4.74 Å². The van der Waals surface area contributed by atoms with E-state index in [4.69, 9.17) is 10.3 Å². The van der Waals surface area contributed by atoms with E-state index in [0.29, 0.717) is 6.54 Å². The first-order valence-corrected chi connectivity index (χ1v) is 5.67. The highest BCUT2D eigenvalue weighted by Crippen LogP contribution is 2.20. The van der Waals surface area contributed by atoms with Crippen LogP contribution in [0.3, 0.4) is 0 Å². The number of nitrogens with zero attached hydrogens (tertiary/aromatic N) is 3. The van der Waals surface area contributed by atoms with E-state index in [-0.39, 0.29) is 6.10 Å². The van der Waals surface area contributed by atoms with E-state index in [2.05, 4.69) is 10.0 Å². The average molecular weight is 231 g/mol. The van der Waals surface area contributed by atoms with Gasteiger partial charge in [-0.15, -0.1) is 0 Å². The van der Waals surface area contributed by atoms with Crippen LogP contribution in [-0.4, -0.2) is 12.6 Å². The first-order chi connectivity index (χ1) is 8.24. The van der Waals surface area contributed by atoms with Crippen LogP contribution in [0.5, 0.6) is 5.75 Å². The van der Waals surface area contributed by atoms with Crippen LogP contribution in [0.1, 0.15) is 25.8 Å². The van der Waals surface area contributed by atoms with E-state index < -0.39 is 0 Å². The van der Waals surface area contributed by atoms with Crippen LogP contribution in [0, 0.1) is 0 Å². The highest BCUT2D eigenvalue weighted by atomic mass is 16.5. The zero-order valence-corrected chi connectivity index (χ0v) is 10.2. The number of hydrogen-bond acceptors (Lipinski definition) is 2. The number of ether oxygens (including phenoxy) is 1. The van der Waals surface area contributed by atoms with Gasteiger partial charge in [0.2, 0.25) is 0 Å². The van der Waals surface area contributed by atoms with Crippen molar-refractivity contribution in [1.29, 1.82) is 0 Å². The van der Waals surface area contributed by atoms with Gasteiger partial charge in [-0.2, -0.15) is 0 Å².